The van der Waals surface area contributed by atoms with Crippen molar-refractivity contribution in [3.05, 3.63) is 0 Å². The van der Waals surface area contributed by atoms with Crippen molar-refractivity contribution in [3.8, 4) is 0 Å². The standard InChI is InChI=1S/C10H16O4/c1-5(7(3)11)6(2)9(8(4)12)10(13)14/h5-6,9H,1-4H3,(H,13,14). The Hall–Kier alpha value is -1.19. The van der Waals surface area contributed by atoms with Crippen molar-refractivity contribution >= 4 is 17.5 Å². The van der Waals surface area contributed by atoms with E-state index in [1.165, 1.54) is 13.8 Å². The van der Waals surface area contributed by atoms with Crippen LogP contribution in [-0.4, -0.2) is 22.6 Å². The number of carboxylic acids is 1. The first-order chi connectivity index (χ1) is 6.29. The maximum atomic E-state index is 11.1. The van der Waals surface area contributed by atoms with Gasteiger partial charge in [-0.25, -0.2) is 0 Å². The smallest absolute Gasteiger partial charge is 0.314 e. The molecule has 0 aromatic carbocycles. The molecular weight excluding hydrogens is 184 g/mol. The second-order valence-electron chi connectivity index (χ2n) is 3.69. The van der Waals surface area contributed by atoms with Gasteiger partial charge in [-0.1, -0.05) is 13.8 Å². The molecule has 0 amide bonds. The fraction of sp³-hybridized carbons (Fsp3) is 0.700. The predicted molar refractivity (Wildman–Crippen MR) is 50.8 cm³/mol. The number of carboxylic acid groups (broad SMARTS) is 1. The van der Waals surface area contributed by atoms with Crippen molar-refractivity contribution in [1.29, 1.82) is 0 Å². The molecule has 0 rings (SSSR count). The highest BCUT2D eigenvalue weighted by Crippen LogP contribution is 2.22. The van der Waals surface area contributed by atoms with Gasteiger partial charge in [-0.2, -0.15) is 0 Å². The zero-order valence-electron chi connectivity index (χ0n) is 8.90. The van der Waals surface area contributed by atoms with Crippen LogP contribution in [0.4, 0.5) is 0 Å². The molecule has 0 bridgehead atoms. The third kappa shape index (κ3) is 2.94. The molecule has 0 aromatic heterocycles. The fourth-order valence-electron chi connectivity index (χ4n) is 1.43. The van der Waals surface area contributed by atoms with Crippen molar-refractivity contribution in [3.63, 3.8) is 0 Å². The Morgan fingerprint density at radius 3 is 1.64 bits per heavy atom. The quantitative estimate of drug-likeness (QED) is 0.675. The molecule has 0 aliphatic carbocycles. The van der Waals surface area contributed by atoms with E-state index in [0.717, 1.165) is 0 Å². The van der Waals surface area contributed by atoms with Crippen LogP contribution in [-0.2, 0) is 14.4 Å². The molecule has 3 unspecified atom stereocenters. The summed E-state index contributed by atoms with van der Waals surface area (Å²) in [5.41, 5.74) is 0. The van der Waals surface area contributed by atoms with Crippen molar-refractivity contribution in [2.75, 3.05) is 0 Å². The average molecular weight is 200 g/mol. The van der Waals surface area contributed by atoms with E-state index in [1.54, 1.807) is 13.8 Å². The number of carbonyl (C=O) groups is 3. The SMILES string of the molecule is CC(=O)C(C)C(C)C(C(C)=O)C(=O)O. The molecule has 1 N–H and O–H groups in total. The Balaban J connectivity index is 4.77. The van der Waals surface area contributed by atoms with Crippen LogP contribution >= 0.6 is 0 Å². The van der Waals surface area contributed by atoms with Crippen LogP contribution in [0.15, 0.2) is 0 Å². The summed E-state index contributed by atoms with van der Waals surface area (Å²) in [6.07, 6.45) is 0. The number of carbonyl (C=O) groups excluding carboxylic acids is 2. The highest BCUT2D eigenvalue weighted by Gasteiger charge is 2.33. The Morgan fingerprint density at radius 2 is 1.43 bits per heavy atom. The largest absolute Gasteiger partial charge is 0.481 e. The van der Waals surface area contributed by atoms with Gasteiger partial charge >= 0.3 is 5.97 Å². The molecule has 0 spiro atoms. The maximum absolute atomic E-state index is 11.1. The Morgan fingerprint density at radius 1 is 1.00 bits per heavy atom. The molecule has 4 nitrogen and oxygen atoms in total. The number of hydrogen-bond donors (Lipinski definition) is 1. The molecule has 3 atom stereocenters. The van der Waals surface area contributed by atoms with Crippen molar-refractivity contribution in [1.82, 2.24) is 0 Å². The van der Waals surface area contributed by atoms with Crippen LogP contribution in [0.1, 0.15) is 27.7 Å². The molecule has 0 saturated carbocycles. The molecule has 0 radical (unpaired) electrons. The third-order valence-electron chi connectivity index (χ3n) is 2.66. The van der Waals surface area contributed by atoms with Crippen LogP contribution < -0.4 is 0 Å². The Labute approximate surface area is 83.3 Å². The third-order valence-corrected chi connectivity index (χ3v) is 2.66. The van der Waals surface area contributed by atoms with Crippen molar-refractivity contribution in [2.24, 2.45) is 17.8 Å². The van der Waals surface area contributed by atoms with Crippen LogP contribution in [0.5, 0.6) is 0 Å². The topological polar surface area (TPSA) is 71.4 Å². The number of hydrogen-bond acceptors (Lipinski definition) is 3. The average Bonchev–Trinajstić information content (AvgIpc) is 2.01. The van der Waals surface area contributed by atoms with E-state index in [4.69, 9.17) is 5.11 Å². The lowest BCUT2D eigenvalue weighted by Crippen LogP contribution is -2.34. The lowest BCUT2D eigenvalue weighted by molar-refractivity contribution is -0.148. The summed E-state index contributed by atoms with van der Waals surface area (Å²) < 4.78 is 0. The molecule has 80 valence electrons. The Kier molecular flexibility index (Phi) is 4.47. The van der Waals surface area contributed by atoms with E-state index in [9.17, 15) is 14.4 Å². The van der Waals surface area contributed by atoms with Crippen molar-refractivity contribution < 1.29 is 19.5 Å². The number of Topliss-reactive ketones (excluding diaryl/α,β-unsaturated/α-hetero) is 2. The van der Waals surface area contributed by atoms with Gasteiger partial charge in [0.05, 0.1) is 0 Å². The second kappa shape index (κ2) is 4.88. The van der Waals surface area contributed by atoms with E-state index < -0.39 is 29.5 Å². The fourth-order valence-corrected chi connectivity index (χ4v) is 1.43. The van der Waals surface area contributed by atoms with Crippen molar-refractivity contribution in [2.45, 2.75) is 27.7 Å². The van der Waals surface area contributed by atoms with Crippen LogP contribution in [0.2, 0.25) is 0 Å². The predicted octanol–water partition coefficient (Wildman–Crippen LogP) is 1.14. The highest BCUT2D eigenvalue weighted by molar-refractivity contribution is 5.97. The zero-order chi connectivity index (χ0) is 11.5. The van der Waals surface area contributed by atoms with Gasteiger partial charge in [-0.3, -0.25) is 14.4 Å². The van der Waals surface area contributed by atoms with E-state index in [1.807, 2.05) is 0 Å². The lowest BCUT2D eigenvalue weighted by atomic mass is 9.80. The van der Waals surface area contributed by atoms with Crippen LogP contribution in [0.25, 0.3) is 0 Å². The first kappa shape index (κ1) is 12.8. The highest BCUT2D eigenvalue weighted by atomic mass is 16.4. The number of rotatable bonds is 5. The van der Waals surface area contributed by atoms with E-state index in [-0.39, 0.29) is 5.78 Å². The number of aliphatic carboxylic acids is 1. The van der Waals surface area contributed by atoms with Gasteiger partial charge in [0.25, 0.3) is 0 Å². The second-order valence-corrected chi connectivity index (χ2v) is 3.69. The first-order valence-electron chi connectivity index (χ1n) is 4.52. The van der Waals surface area contributed by atoms with Gasteiger partial charge in [0.2, 0.25) is 0 Å². The molecule has 0 saturated heterocycles. The van der Waals surface area contributed by atoms with Gasteiger partial charge in [0.15, 0.2) is 0 Å². The molecule has 0 aliphatic heterocycles. The summed E-state index contributed by atoms with van der Waals surface area (Å²) in [5.74, 6) is -3.59. The molecule has 0 aromatic rings. The maximum Gasteiger partial charge on any atom is 0.314 e. The summed E-state index contributed by atoms with van der Waals surface area (Å²) in [7, 11) is 0. The summed E-state index contributed by atoms with van der Waals surface area (Å²) >= 11 is 0. The zero-order valence-corrected chi connectivity index (χ0v) is 8.90. The monoisotopic (exact) mass is 200 g/mol. The summed E-state index contributed by atoms with van der Waals surface area (Å²) in [4.78, 5) is 32.9. The molecular formula is C10H16O4. The first-order valence-corrected chi connectivity index (χ1v) is 4.52. The van der Waals surface area contributed by atoms with E-state index in [2.05, 4.69) is 0 Å². The lowest BCUT2D eigenvalue weighted by Gasteiger charge is -2.22. The molecule has 0 heterocycles. The van der Waals surface area contributed by atoms with E-state index in [0.29, 0.717) is 0 Å². The molecule has 14 heavy (non-hydrogen) atoms. The van der Waals surface area contributed by atoms with Gasteiger partial charge in [-0.15, -0.1) is 0 Å². The molecule has 4 heteroatoms. The van der Waals surface area contributed by atoms with Gasteiger partial charge in [0, 0.05) is 5.92 Å². The van der Waals surface area contributed by atoms with Crippen LogP contribution in [0, 0.1) is 17.8 Å². The normalized spacial score (nSPS) is 16.9. The summed E-state index contributed by atoms with van der Waals surface area (Å²) in [5, 5.41) is 8.81. The molecule has 0 aliphatic rings. The van der Waals surface area contributed by atoms with Crippen LogP contribution in [0.3, 0.4) is 0 Å². The Bertz CT molecular complexity index is 243. The minimum absolute atomic E-state index is 0.0926. The van der Waals surface area contributed by atoms with Gasteiger partial charge < -0.3 is 5.11 Å². The molecule has 0 fully saturated rings. The summed E-state index contributed by atoms with van der Waals surface area (Å²) in [6, 6.07) is 0. The minimum Gasteiger partial charge on any atom is -0.481 e. The number of ketones is 2. The minimum atomic E-state index is -1.15. The van der Waals surface area contributed by atoms with E-state index >= 15 is 0 Å². The van der Waals surface area contributed by atoms with Gasteiger partial charge in [-0.05, 0) is 19.8 Å². The summed E-state index contributed by atoms with van der Waals surface area (Å²) in [6.45, 7) is 5.90. The van der Waals surface area contributed by atoms with Gasteiger partial charge in [0.1, 0.15) is 17.5 Å².